The molecular weight excluding hydrogens is 444 g/mol. The van der Waals surface area contributed by atoms with E-state index in [0.717, 1.165) is 31.2 Å². The zero-order valence-corrected chi connectivity index (χ0v) is 20.6. The quantitative estimate of drug-likeness (QED) is 0.409. The lowest BCUT2D eigenvalue weighted by Gasteiger charge is -2.37. The average molecular weight is 483 g/mol. The molecule has 1 atom stereocenters. The van der Waals surface area contributed by atoms with Crippen molar-refractivity contribution in [2.24, 2.45) is 5.92 Å². The van der Waals surface area contributed by atoms with E-state index in [1.54, 1.807) is 14.7 Å². The minimum Gasteiger partial charge on any atom is -0.346 e. The number of nitrogens with one attached hydrogen (secondary N) is 1. The normalized spacial score (nSPS) is 22.1. The van der Waals surface area contributed by atoms with E-state index in [-0.39, 0.29) is 6.04 Å². The summed E-state index contributed by atoms with van der Waals surface area (Å²) in [5.41, 5.74) is 1.02. The maximum absolute atomic E-state index is 12.6. The van der Waals surface area contributed by atoms with Crippen molar-refractivity contribution in [3.05, 3.63) is 35.9 Å². The lowest BCUT2D eigenvalue weighted by molar-refractivity contribution is -0.156. The maximum Gasteiger partial charge on any atom is 0.312 e. The monoisotopic (exact) mass is 482 g/mol. The van der Waals surface area contributed by atoms with Gasteiger partial charge in [0.1, 0.15) is 0 Å². The van der Waals surface area contributed by atoms with Crippen molar-refractivity contribution in [1.82, 2.24) is 20.0 Å². The number of carbonyl (C=O) groups excluding carboxylic acids is 4. The Hall–Kier alpha value is -2.90. The summed E-state index contributed by atoms with van der Waals surface area (Å²) in [6.07, 6.45) is 9.65. The van der Waals surface area contributed by atoms with Crippen molar-refractivity contribution >= 4 is 23.6 Å². The van der Waals surface area contributed by atoms with Gasteiger partial charge in [-0.3, -0.25) is 19.2 Å². The van der Waals surface area contributed by atoms with Crippen LogP contribution in [-0.2, 0) is 25.7 Å². The number of hydrogen-bond acceptors (Lipinski definition) is 4. The van der Waals surface area contributed by atoms with Gasteiger partial charge in [0.15, 0.2) is 0 Å². The molecule has 4 rings (SSSR count). The summed E-state index contributed by atoms with van der Waals surface area (Å²) < 4.78 is 0. The third-order valence-electron chi connectivity index (χ3n) is 7.73. The van der Waals surface area contributed by atoms with Crippen LogP contribution >= 0.6 is 0 Å². The number of nitrogens with zero attached hydrogens (tertiary/aromatic N) is 3. The molecule has 1 aliphatic carbocycles. The molecule has 190 valence electrons. The van der Waals surface area contributed by atoms with E-state index in [2.05, 4.69) is 5.32 Å². The number of unbranched alkanes of at least 4 members (excludes halogenated alkanes) is 1. The second-order valence-electron chi connectivity index (χ2n) is 10.2. The maximum atomic E-state index is 12.6. The van der Waals surface area contributed by atoms with E-state index in [9.17, 15) is 19.2 Å². The Morgan fingerprint density at radius 3 is 2.26 bits per heavy atom. The molecule has 8 heteroatoms. The summed E-state index contributed by atoms with van der Waals surface area (Å²) in [5, 5.41) is 2.73. The smallest absolute Gasteiger partial charge is 0.312 e. The van der Waals surface area contributed by atoms with Crippen LogP contribution in [0.3, 0.4) is 0 Å². The van der Waals surface area contributed by atoms with E-state index in [0.29, 0.717) is 45.2 Å². The van der Waals surface area contributed by atoms with Gasteiger partial charge < -0.3 is 20.0 Å². The molecule has 35 heavy (non-hydrogen) atoms. The first-order chi connectivity index (χ1) is 17.0. The van der Waals surface area contributed by atoms with Gasteiger partial charge in [0, 0.05) is 45.3 Å². The number of amides is 4. The molecule has 2 saturated heterocycles. The molecule has 2 heterocycles. The zero-order valence-electron chi connectivity index (χ0n) is 20.6. The van der Waals surface area contributed by atoms with Gasteiger partial charge in [-0.2, -0.15) is 0 Å². The van der Waals surface area contributed by atoms with Crippen LogP contribution in [0.4, 0.5) is 0 Å². The topological polar surface area (TPSA) is 90.0 Å². The first-order valence-electron chi connectivity index (χ1n) is 13.2. The lowest BCUT2D eigenvalue weighted by atomic mass is 9.86. The number of carbonyl (C=O) groups is 4. The van der Waals surface area contributed by atoms with Crippen molar-refractivity contribution < 1.29 is 19.2 Å². The summed E-state index contributed by atoms with van der Waals surface area (Å²) in [5.74, 6) is -1.11. The highest BCUT2D eigenvalue weighted by Gasteiger charge is 2.34. The van der Waals surface area contributed by atoms with Gasteiger partial charge in [0.25, 0.3) is 0 Å². The highest BCUT2D eigenvalue weighted by atomic mass is 16.2. The van der Waals surface area contributed by atoms with Crippen molar-refractivity contribution in [2.75, 3.05) is 32.7 Å². The molecule has 8 nitrogen and oxygen atoms in total. The fraction of sp³-hybridized carbons (Fsp3) is 0.630. The first kappa shape index (κ1) is 25.2. The number of hydrogen-bond donors (Lipinski definition) is 1. The van der Waals surface area contributed by atoms with Crippen molar-refractivity contribution in [1.29, 1.82) is 0 Å². The molecule has 0 aromatic heterocycles. The summed E-state index contributed by atoms with van der Waals surface area (Å²) in [4.78, 5) is 54.8. The molecule has 1 aromatic rings. The summed E-state index contributed by atoms with van der Waals surface area (Å²) >= 11 is 0. The van der Waals surface area contributed by atoms with Crippen LogP contribution in [0, 0.1) is 5.92 Å². The molecule has 0 spiro atoms. The molecule has 4 amide bonds. The predicted octanol–water partition coefficient (Wildman–Crippen LogP) is 2.33. The molecule has 3 aliphatic rings. The minimum absolute atomic E-state index is 0.00356. The molecule has 1 aromatic carbocycles. The molecular formula is C27H38N4O4. The Labute approximate surface area is 208 Å². The second kappa shape index (κ2) is 12.2. The van der Waals surface area contributed by atoms with Gasteiger partial charge in [0.05, 0.1) is 0 Å². The predicted molar refractivity (Wildman–Crippen MR) is 132 cm³/mol. The number of benzene rings is 1. The zero-order chi connectivity index (χ0) is 24.6. The Kier molecular flexibility index (Phi) is 8.77. The fourth-order valence-electron chi connectivity index (χ4n) is 5.60. The Morgan fingerprint density at radius 2 is 1.49 bits per heavy atom. The van der Waals surface area contributed by atoms with E-state index in [4.69, 9.17) is 0 Å². The van der Waals surface area contributed by atoms with Gasteiger partial charge >= 0.3 is 23.6 Å². The molecule has 3 fully saturated rings. The summed E-state index contributed by atoms with van der Waals surface area (Å²) in [7, 11) is 0. The van der Waals surface area contributed by atoms with Crippen LogP contribution < -0.4 is 5.32 Å². The third kappa shape index (κ3) is 6.61. The average Bonchev–Trinajstić information content (AvgIpc) is 2.88. The molecule has 1 saturated carbocycles. The Bertz CT molecular complexity index is 900. The van der Waals surface area contributed by atoms with Crippen LogP contribution in [0.1, 0.15) is 63.4 Å². The van der Waals surface area contributed by atoms with Crippen LogP contribution in [0.15, 0.2) is 30.3 Å². The molecule has 1 N–H and O–H groups in total. The molecule has 2 aliphatic heterocycles. The van der Waals surface area contributed by atoms with Gasteiger partial charge in [-0.05, 0) is 37.2 Å². The SMILES string of the molecule is O=C1NC[C@@H](CCCCN2CCN(Cc3ccccc3)C(=O)C2=O)N(CCC2CCCCC2)C1=O. The van der Waals surface area contributed by atoms with Crippen LogP contribution in [0.2, 0.25) is 0 Å². The van der Waals surface area contributed by atoms with E-state index in [1.807, 2.05) is 30.3 Å². The van der Waals surface area contributed by atoms with E-state index >= 15 is 0 Å². The van der Waals surface area contributed by atoms with Gasteiger partial charge in [-0.25, -0.2) is 0 Å². The third-order valence-corrected chi connectivity index (χ3v) is 7.73. The molecule has 0 bridgehead atoms. The standard InChI is InChI=1S/C27H38N4O4/c32-24-25(33)31(16-14-21-9-3-1-4-10-21)23(19-28-24)13-7-8-15-29-17-18-30(27(35)26(29)34)20-22-11-5-2-6-12-22/h2,5-6,11-12,21,23H,1,3-4,7-10,13-20H2,(H,28,32)/t23-/m1/s1. The number of piperazine rings is 2. The van der Waals surface area contributed by atoms with Gasteiger partial charge in [0.2, 0.25) is 0 Å². The molecule has 0 radical (unpaired) electrons. The summed E-state index contributed by atoms with van der Waals surface area (Å²) in [6, 6.07) is 9.72. The first-order valence-corrected chi connectivity index (χ1v) is 13.2. The second-order valence-corrected chi connectivity index (χ2v) is 10.2. The molecule has 0 unspecified atom stereocenters. The van der Waals surface area contributed by atoms with Gasteiger partial charge in [-0.1, -0.05) is 62.4 Å². The lowest BCUT2D eigenvalue weighted by Crippen LogP contribution is -2.58. The van der Waals surface area contributed by atoms with E-state index in [1.165, 1.54) is 32.1 Å². The van der Waals surface area contributed by atoms with Crippen LogP contribution in [-0.4, -0.2) is 77.1 Å². The number of rotatable bonds is 10. The Balaban J connectivity index is 1.21. The Morgan fingerprint density at radius 1 is 0.771 bits per heavy atom. The van der Waals surface area contributed by atoms with Crippen molar-refractivity contribution in [3.63, 3.8) is 0 Å². The van der Waals surface area contributed by atoms with Crippen molar-refractivity contribution in [2.45, 2.75) is 70.4 Å². The largest absolute Gasteiger partial charge is 0.346 e. The highest BCUT2D eigenvalue weighted by molar-refractivity contribution is 6.36. The van der Waals surface area contributed by atoms with Crippen molar-refractivity contribution in [3.8, 4) is 0 Å². The van der Waals surface area contributed by atoms with Gasteiger partial charge in [-0.15, -0.1) is 0 Å². The fourth-order valence-corrected chi connectivity index (χ4v) is 5.60. The van der Waals surface area contributed by atoms with Crippen LogP contribution in [0.25, 0.3) is 0 Å². The summed E-state index contributed by atoms with van der Waals surface area (Å²) in [6.45, 7) is 3.22. The van der Waals surface area contributed by atoms with Crippen LogP contribution in [0.5, 0.6) is 0 Å². The van der Waals surface area contributed by atoms with E-state index < -0.39 is 23.6 Å². The minimum atomic E-state index is -0.498. The highest BCUT2D eigenvalue weighted by Crippen LogP contribution is 2.27.